The largest absolute Gasteiger partial charge is 0.463 e. The summed E-state index contributed by atoms with van der Waals surface area (Å²) in [6.07, 6.45) is 3.99. The number of pyridine rings is 1. The summed E-state index contributed by atoms with van der Waals surface area (Å²) < 4.78 is 16.5. The standard InChI is InChI=1S/C19H21N5O3/c1-4-6-13-17-12(18-22-16(24-26-18)9-11(2)20-3)10-14(15-7-5-8-25-15)21-19(17)27-23-13/h5,7-8,10-11,20H,4,6,9H2,1-3H3. The number of fused-ring (bicyclic) bond motifs is 1. The molecule has 0 fully saturated rings. The molecule has 0 radical (unpaired) electrons. The molecule has 8 nitrogen and oxygen atoms in total. The highest BCUT2D eigenvalue weighted by Crippen LogP contribution is 2.34. The molecule has 4 heterocycles. The third kappa shape index (κ3) is 3.35. The molecule has 0 saturated heterocycles. The minimum Gasteiger partial charge on any atom is -0.463 e. The van der Waals surface area contributed by atoms with Crippen molar-refractivity contribution in [2.24, 2.45) is 0 Å². The lowest BCUT2D eigenvalue weighted by Gasteiger charge is -2.05. The van der Waals surface area contributed by atoms with Crippen LogP contribution < -0.4 is 5.32 Å². The number of nitrogens with zero attached hydrogens (tertiary/aromatic N) is 4. The normalized spacial score (nSPS) is 12.7. The average molecular weight is 367 g/mol. The Bertz CT molecular complexity index is 1040. The van der Waals surface area contributed by atoms with Crippen molar-refractivity contribution in [3.05, 3.63) is 36.0 Å². The lowest BCUT2D eigenvalue weighted by Crippen LogP contribution is -2.24. The van der Waals surface area contributed by atoms with E-state index in [-0.39, 0.29) is 6.04 Å². The van der Waals surface area contributed by atoms with E-state index in [2.05, 4.69) is 39.4 Å². The van der Waals surface area contributed by atoms with E-state index >= 15 is 0 Å². The van der Waals surface area contributed by atoms with Crippen molar-refractivity contribution >= 4 is 11.1 Å². The molecule has 27 heavy (non-hydrogen) atoms. The van der Waals surface area contributed by atoms with Crippen molar-refractivity contribution in [3.63, 3.8) is 0 Å². The Labute approximate surface area is 155 Å². The van der Waals surface area contributed by atoms with Crippen LogP contribution in [0.2, 0.25) is 0 Å². The average Bonchev–Trinajstić information content (AvgIpc) is 3.42. The van der Waals surface area contributed by atoms with E-state index in [1.165, 1.54) is 0 Å². The van der Waals surface area contributed by atoms with Gasteiger partial charge in [-0.3, -0.25) is 0 Å². The first-order valence-corrected chi connectivity index (χ1v) is 9.03. The molecule has 4 aromatic rings. The van der Waals surface area contributed by atoms with Gasteiger partial charge in [0, 0.05) is 12.5 Å². The molecule has 4 aromatic heterocycles. The molecule has 1 N–H and O–H groups in total. The van der Waals surface area contributed by atoms with E-state index in [9.17, 15) is 0 Å². The molecule has 1 unspecified atom stereocenters. The summed E-state index contributed by atoms with van der Waals surface area (Å²) in [4.78, 5) is 9.13. The van der Waals surface area contributed by atoms with E-state index in [1.54, 1.807) is 6.26 Å². The number of aryl methyl sites for hydroxylation is 1. The number of nitrogens with one attached hydrogen (secondary N) is 1. The van der Waals surface area contributed by atoms with Crippen molar-refractivity contribution in [1.29, 1.82) is 0 Å². The Kier molecular flexibility index (Phi) is 4.72. The summed E-state index contributed by atoms with van der Waals surface area (Å²) in [5.41, 5.74) is 2.66. The van der Waals surface area contributed by atoms with Gasteiger partial charge in [-0.25, -0.2) is 4.98 Å². The van der Waals surface area contributed by atoms with Crippen LogP contribution in [0.3, 0.4) is 0 Å². The molecular weight excluding hydrogens is 346 g/mol. The summed E-state index contributed by atoms with van der Waals surface area (Å²) in [6, 6.07) is 5.79. The summed E-state index contributed by atoms with van der Waals surface area (Å²) in [5.74, 6) is 1.70. The molecule has 1 atom stereocenters. The topological polar surface area (TPSA) is 103 Å². The van der Waals surface area contributed by atoms with E-state index in [1.807, 2.05) is 25.2 Å². The smallest absolute Gasteiger partial charge is 0.259 e. The van der Waals surface area contributed by atoms with Crippen LogP contribution >= 0.6 is 0 Å². The van der Waals surface area contributed by atoms with Crippen LogP contribution in [0, 0.1) is 0 Å². The fourth-order valence-electron chi connectivity index (χ4n) is 2.96. The quantitative estimate of drug-likeness (QED) is 0.528. The first-order chi connectivity index (χ1) is 13.2. The van der Waals surface area contributed by atoms with Crippen molar-refractivity contribution in [2.45, 2.75) is 39.2 Å². The second-order valence-electron chi connectivity index (χ2n) is 6.50. The van der Waals surface area contributed by atoms with Gasteiger partial charge in [0.1, 0.15) is 5.69 Å². The van der Waals surface area contributed by atoms with Crippen LogP contribution in [-0.4, -0.2) is 33.4 Å². The molecule has 0 spiro atoms. The number of hydrogen-bond acceptors (Lipinski definition) is 8. The third-order valence-electron chi connectivity index (χ3n) is 4.46. The second-order valence-corrected chi connectivity index (χ2v) is 6.50. The van der Waals surface area contributed by atoms with Gasteiger partial charge in [-0.2, -0.15) is 4.98 Å². The molecule has 4 rings (SSSR count). The number of hydrogen-bond donors (Lipinski definition) is 1. The van der Waals surface area contributed by atoms with Gasteiger partial charge >= 0.3 is 0 Å². The molecule has 0 aliphatic heterocycles. The van der Waals surface area contributed by atoms with Crippen LogP contribution in [0.5, 0.6) is 0 Å². The number of rotatable bonds is 7. The zero-order valence-electron chi connectivity index (χ0n) is 15.5. The molecule has 0 bridgehead atoms. The Morgan fingerprint density at radius 1 is 1.19 bits per heavy atom. The lowest BCUT2D eigenvalue weighted by molar-refractivity contribution is 0.418. The summed E-state index contributed by atoms with van der Waals surface area (Å²) >= 11 is 0. The number of aromatic nitrogens is 4. The molecule has 0 amide bonds. The van der Waals surface area contributed by atoms with Gasteiger partial charge in [0.05, 0.1) is 22.9 Å². The van der Waals surface area contributed by atoms with Gasteiger partial charge < -0.3 is 18.8 Å². The van der Waals surface area contributed by atoms with E-state index < -0.39 is 0 Å². The minimum absolute atomic E-state index is 0.248. The van der Waals surface area contributed by atoms with Crippen molar-refractivity contribution in [3.8, 4) is 22.9 Å². The van der Waals surface area contributed by atoms with E-state index in [0.29, 0.717) is 35.3 Å². The molecule has 8 heteroatoms. The van der Waals surface area contributed by atoms with Gasteiger partial charge in [0.25, 0.3) is 11.6 Å². The highest BCUT2D eigenvalue weighted by Gasteiger charge is 2.22. The maximum atomic E-state index is 5.56. The van der Waals surface area contributed by atoms with Crippen LogP contribution in [0.25, 0.3) is 34.0 Å². The zero-order valence-corrected chi connectivity index (χ0v) is 15.5. The van der Waals surface area contributed by atoms with Crippen LogP contribution in [0.4, 0.5) is 0 Å². The Morgan fingerprint density at radius 2 is 2.07 bits per heavy atom. The zero-order chi connectivity index (χ0) is 18.8. The fourth-order valence-corrected chi connectivity index (χ4v) is 2.96. The summed E-state index contributed by atoms with van der Waals surface area (Å²) in [6.45, 7) is 4.16. The molecular formula is C19H21N5O3. The molecule has 0 aliphatic rings. The first-order valence-electron chi connectivity index (χ1n) is 9.03. The number of furan rings is 1. The van der Waals surface area contributed by atoms with Crippen LogP contribution in [-0.2, 0) is 12.8 Å². The second kappa shape index (κ2) is 7.32. The predicted octanol–water partition coefficient (Wildman–Crippen LogP) is 3.64. The summed E-state index contributed by atoms with van der Waals surface area (Å²) in [5, 5.41) is 12.3. The lowest BCUT2D eigenvalue weighted by atomic mass is 10.1. The van der Waals surface area contributed by atoms with Crippen molar-refractivity contribution in [1.82, 2.24) is 25.6 Å². The van der Waals surface area contributed by atoms with Gasteiger partial charge in [0.2, 0.25) is 0 Å². The Hall–Kier alpha value is -3.00. The first kappa shape index (κ1) is 17.4. The molecule has 0 aromatic carbocycles. The monoisotopic (exact) mass is 367 g/mol. The van der Waals surface area contributed by atoms with E-state index in [4.69, 9.17) is 13.5 Å². The number of likely N-dealkylation sites (N-methyl/N-ethyl adjacent to an activating group) is 1. The van der Waals surface area contributed by atoms with Crippen molar-refractivity contribution < 1.29 is 13.5 Å². The predicted molar refractivity (Wildman–Crippen MR) is 99.0 cm³/mol. The highest BCUT2D eigenvalue weighted by atomic mass is 16.5. The highest BCUT2D eigenvalue weighted by molar-refractivity contribution is 5.93. The van der Waals surface area contributed by atoms with Crippen molar-refractivity contribution in [2.75, 3.05) is 7.05 Å². The molecule has 0 aliphatic carbocycles. The van der Waals surface area contributed by atoms with Gasteiger partial charge in [0.15, 0.2) is 11.6 Å². The molecule has 140 valence electrons. The Balaban J connectivity index is 1.85. The maximum absolute atomic E-state index is 5.56. The minimum atomic E-state index is 0.248. The third-order valence-corrected chi connectivity index (χ3v) is 4.46. The van der Waals surface area contributed by atoms with Gasteiger partial charge in [-0.05, 0) is 38.6 Å². The summed E-state index contributed by atoms with van der Waals surface area (Å²) in [7, 11) is 1.90. The van der Waals surface area contributed by atoms with Gasteiger partial charge in [-0.15, -0.1) is 0 Å². The van der Waals surface area contributed by atoms with Crippen LogP contribution in [0.15, 0.2) is 37.9 Å². The van der Waals surface area contributed by atoms with Gasteiger partial charge in [-0.1, -0.05) is 23.7 Å². The maximum Gasteiger partial charge on any atom is 0.259 e. The van der Waals surface area contributed by atoms with E-state index in [0.717, 1.165) is 29.5 Å². The molecule has 0 saturated carbocycles. The van der Waals surface area contributed by atoms with Crippen LogP contribution in [0.1, 0.15) is 31.8 Å². The SMILES string of the molecule is CCCc1noc2nc(-c3ccco3)cc(-c3nc(CC(C)NC)no3)c12. The Morgan fingerprint density at radius 3 is 2.81 bits per heavy atom. The fraction of sp³-hybridized carbons (Fsp3) is 0.368.